The van der Waals surface area contributed by atoms with Gasteiger partial charge in [-0.2, -0.15) is 0 Å². The molecular formula is C23H18N2O4S. The van der Waals surface area contributed by atoms with Crippen molar-refractivity contribution in [2.24, 2.45) is 0 Å². The molecule has 0 aliphatic heterocycles. The second kappa shape index (κ2) is 8.42. The fraction of sp³-hybridized carbons (Fsp3) is 0.130. The van der Waals surface area contributed by atoms with Gasteiger partial charge >= 0.3 is 5.97 Å². The maximum Gasteiger partial charge on any atom is 0.339 e. The fourth-order valence-electron chi connectivity index (χ4n) is 2.97. The molecule has 0 N–H and O–H groups in total. The first-order valence-corrected chi connectivity index (χ1v) is 10.2. The summed E-state index contributed by atoms with van der Waals surface area (Å²) in [7, 11) is 0. The minimum absolute atomic E-state index is 0.182. The van der Waals surface area contributed by atoms with Crippen molar-refractivity contribution in [2.75, 3.05) is 0 Å². The van der Waals surface area contributed by atoms with Crippen LogP contribution in [0.5, 0.6) is 0 Å². The number of ether oxygens (including phenoxy) is 1. The normalized spacial score (nSPS) is 11.8. The first kappa shape index (κ1) is 19.7. The Morgan fingerprint density at radius 2 is 1.80 bits per heavy atom. The van der Waals surface area contributed by atoms with E-state index >= 15 is 0 Å². The number of aromatic nitrogens is 2. The Hall–Kier alpha value is -3.58. The highest BCUT2D eigenvalue weighted by molar-refractivity contribution is 7.12. The number of hydrogen-bond donors (Lipinski definition) is 0. The second-order valence-electron chi connectivity index (χ2n) is 6.71. The van der Waals surface area contributed by atoms with E-state index in [-0.39, 0.29) is 17.2 Å². The Kier molecular flexibility index (Phi) is 5.54. The van der Waals surface area contributed by atoms with E-state index in [1.165, 1.54) is 11.3 Å². The molecule has 1 unspecified atom stereocenters. The van der Waals surface area contributed by atoms with Crippen LogP contribution in [0.1, 0.15) is 50.1 Å². The Labute approximate surface area is 177 Å². The molecule has 4 rings (SSSR count). The Morgan fingerprint density at radius 1 is 1.00 bits per heavy atom. The van der Waals surface area contributed by atoms with Crippen molar-refractivity contribution in [3.05, 3.63) is 93.5 Å². The van der Waals surface area contributed by atoms with Crippen molar-refractivity contribution in [3.63, 3.8) is 0 Å². The Balaban J connectivity index is 1.53. The molecule has 7 heteroatoms. The number of benzene rings is 2. The van der Waals surface area contributed by atoms with Gasteiger partial charge in [0.15, 0.2) is 6.10 Å². The number of hydrogen-bond acceptors (Lipinski definition) is 7. The first-order valence-electron chi connectivity index (χ1n) is 9.31. The number of rotatable bonds is 6. The molecule has 0 aliphatic rings. The summed E-state index contributed by atoms with van der Waals surface area (Å²) < 4.78 is 11.2. The Morgan fingerprint density at radius 3 is 2.53 bits per heavy atom. The topological polar surface area (TPSA) is 82.3 Å². The summed E-state index contributed by atoms with van der Waals surface area (Å²) >= 11 is 1.32. The third-order valence-corrected chi connectivity index (χ3v) is 5.34. The molecule has 0 radical (unpaired) electrons. The van der Waals surface area contributed by atoms with E-state index < -0.39 is 12.1 Å². The van der Waals surface area contributed by atoms with Crippen LogP contribution in [0, 0.1) is 6.92 Å². The lowest BCUT2D eigenvalue weighted by Gasteiger charge is -2.11. The molecule has 2 aromatic carbocycles. The molecule has 2 heterocycles. The third kappa shape index (κ3) is 4.06. The van der Waals surface area contributed by atoms with Gasteiger partial charge in [0.2, 0.25) is 11.7 Å². The molecule has 0 spiro atoms. The van der Waals surface area contributed by atoms with Gasteiger partial charge in [-0.25, -0.2) is 4.79 Å². The van der Waals surface area contributed by atoms with Gasteiger partial charge < -0.3 is 9.15 Å². The molecule has 0 saturated heterocycles. The van der Waals surface area contributed by atoms with Crippen molar-refractivity contribution >= 4 is 23.1 Å². The lowest BCUT2D eigenvalue weighted by Crippen LogP contribution is -2.14. The monoisotopic (exact) mass is 418 g/mol. The summed E-state index contributed by atoms with van der Waals surface area (Å²) in [6, 6.07) is 17.8. The SMILES string of the molecule is Cc1cccc(-c2nnc(C(C)OC(=O)c3ccccc3C(=O)c3cccs3)o2)c1. The number of carbonyl (C=O) groups is 2. The van der Waals surface area contributed by atoms with Gasteiger partial charge in [0, 0.05) is 11.1 Å². The van der Waals surface area contributed by atoms with Crippen LogP contribution in [-0.4, -0.2) is 21.9 Å². The molecule has 0 saturated carbocycles. The molecular weight excluding hydrogens is 400 g/mol. The van der Waals surface area contributed by atoms with Gasteiger partial charge in [-0.15, -0.1) is 21.5 Å². The summed E-state index contributed by atoms with van der Waals surface area (Å²) in [5, 5.41) is 9.87. The van der Waals surface area contributed by atoms with Crippen LogP contribution in [0.25, 0.3) is 11.5 Å². The number of esters is 1. The zero-order valence-corrected chi connectivity index (χ0v) is 17.2. The van der Waals surface area contributed by atoms with Crippen LogP contribution in [0.15, 0.2) is 70.5 Å². The maximum absolute atomic E-state index is 12.8. The molecule has 6 nitrogen and oxygen atoms in total. The van der Waals surface area contributed by atoms with Gasteiger partial charge in [0.25, 0.3) is 5.89 Å². The lowest BCUT2D eigenvalue weighted by atomic mass is 10.0. The number of thiophene rings is 1. The predicted octanol–water partition coefficient (Wildman–Crippen LogP) is 5.26. The van der Waals surface area contributed by atoms with Crippen molar-refractivity contribution in [2.45, 2.75) is 20.0 Å². The molecule has 4 aromatic rings. The second-order valence-corrected chi connectivity index (χ2v) is 7.66. The number of ketones is 1. The van der Waals surface area contributed by atoms with Gasteiger partial charge in [-0.1, -0.05) is 42.0 Å². The Bertz CT molecular complexity index is 1200. The van der Waals surface area contributed by atoms with E-state index in [0.29, 0.717) is 16.3 Å². The molecule has 0 fully saturated rings. The highest BCUT2D eigenvalue weighted by Crippen LogP contribution is 2.25. The summed E-state index contributed by atoms with van der Waals surface area (Å²) in [6.07, 6.45) is -0.770. The molecule has 0 aliphatic carbocycles. The van der Waals surface area contributed by atoms with E-state index in [2.05, 4.69) is 10.2 Å². The predicted molar refractivity (Wildman–Crippen MR) is 112 cm³/mol. The average molecular weight is 418 g/mol. The van der Waals surface area contributed by atoms with Crippen LogP contribution in [0.2, 0.25) is 0 Å². The van der Waals surface area contributed by atoms with Crippen molar-refractivity contribution < 1.29 is 18.7 Å². The molecule has 30 heavy (non-hydrogen) atoms. The van der Waals surface area contributed by atoms with E-state index in [1.54, 1.807) is 43.3 Å². The minimum atomic E-state index is -0.770. The summed E-state index contributed by atoms with van der Waals surface area (Å²) in [6.45, 7) is 3.62. The molecule has 1 atom stereocenters. The van der Waals surface area contributed by atoms with Crippen LogP contribution in [-0.2, 0) is 4.74 Å². The smallest absolute Gasteiger partial charge is 0.339 e. The standard InChI is InChI=1S/C23H18N2O4S/c1-14-7-5-8-16(13-14)22-25-24-21(29-22)15(2)28-23(27)18-10-4-3-9-17(18)20(26)19-11-6-12-30-19/h3-13,15H,1-2H3. The number of carbonyl (C=O) groups excluding carboxylic acids is 2. The summed E-state index contributed by atoms with van der Waals surface area (Å²) in [5.41, 5.74) is 2.35. The van der Waals surface area contributed by atoms with Gasteiger partial charge in [0.05, 0.1) is 10.4 Å². The largest absolute Gasteiger partial charge is 0.449 e. The third-order valence-electron chi connectivity index (χ3n) is 4.47. The highest BCUT2D eigenvalue weighted by atomic mass is 32.1. The average Bonchev–Trinajstić information content (AvgIpc) is 3.45. The van der Waals surface area contributed by atoms with Crippen molar-refractivity contribution in [1.29, 1.82) is 0 Å². The van der Waals surface area contributed by atoms with E-state index in [1.807, 2.05) is 36.6 Å². The number of nitrogens with zero attached hydrogens (tertiary/aromatic N) is 2. The van der Waals surface area contributed by atoms with Crippen LogP contribution < -0.4 is 0 Å². The molecule has 0 bridgehead atoms. The van der Waals surface area contributed by atoms with E-state index in [4.69, 9.17) is 9.15 Å². The quantitative estimate of drug-likeness (QED) is 0.314. The molecule has 0 amide bonds. The maximum atomic E-state index is 12.8. The zero-order valence-electron chi connectivity index (χ0n) is 16.4. The minimum Gasteiger partial charge on any atom is -0.449 e. The van der Waals surface area contributed by atoms with Crippen LogP contribution in [0.3, 0.4) is 0 Å². The summed E-state index contributed by atoms with van der Waals surface area (Å²) in [4.78, 5) is 26.1. The highest BCUT2D eigenvalue weighted by Gasteiger charge is 2.24. The first-order chi connectivity index (χ1) is 14.5. The van der Waals surface area contributed by atoms with Crippen LogP contribution >= 0.6 is 11.3 Å². The number of aryl methyl sites for hydroxylation is 1. The van der Waals surface area contributed by atoms with E-state index in [0.717, 1.165) is 11.1 Å². The lowest BCUT2D eigenvalue weighted by molar-refractivity contribution is 0.0278. The van der Waals surface area contributed by atoms with E-state index in [9.17, 15) is 9.59 Å². The van der Waals surface area contributed by atoms with Crippen molar-refractivity contribution in [3.8, 4) is 11.5 Å². The van der Waals surface area contributed by atoms with Crippen LogP contribution in [0.4, 0.5) is 0 Å². The van der Waals surface area contributed by atoms with Gasteiger partial charge in [-0.3, -0.25) is 4.79 Å². The fourth-order valence-corrected chi connectivity index (χ4v) is 3.65. The molecule has 150 valence electrons. The molecule has 2 aromatic heterocycles. The summed E-state index contributed by atoms with van der Waals surface area (Å²) in [5.74, 6) is -0.310. The van der Waals surface area contributed by atoms with Gasteiger partial charge in [-0.05, 0) is 43.5 Å². The van der Waals surface area contributed by atoms with Crippen molar-refractivity contribution in [1.82, 2.24) is 10.2 Å². The zero-order chi connectivity index (χ0) is 21.1. The van der Waals surface area contributed by atoms with Gasteiger partial charge in [0.1, 0.15) is 0 Å².